The Morgan fingerprint density at radius 1 is 1.20 bits per heavy atom. The van der Waals surface area contributed by atoms with E-state index in [-0.39, 0.29) is 5.41 Å². The highest BCUT2D eigenvalue weighted by atomic mass is 79.9. The number of aryl methyl sites for hydroxylation is 2. The molecule has 1 saturated carbocycles. The SMILES string of the molecule is Cc1cc(C(=O)C2(CC(C)C)CCCC2)c(C)cc1Br. The number of hydrogen-bond donors (Lipinski definition) is 0. The van der Waals surface area contributed by atoms with Gasteiger partial charge in [0.1, 0.15) is 0 Å². The predicted molar refractivity (Wildman–Crippen MR) is 88.3 cm³/mol. The summed E-state index contributed by atoms with van der Waals surface area (Å²) in [5.74, 6) is 0.964. The number of benzene rings is 1. The molecule has 0 N–H and O–H groups in total. The van der Waals surface area contributed by atoms with Crippen LogP contribution in [0.5, 0.6) is 0 Å². The smallest absolute Gasteiger partial charge is 0.169 e. The van der Waals surface area contributed by atoms with Gasteiger partial charge >= 0.3 is 0 Å². The average Bonchev–Trinajstić information content (AvgIpc) is 2.81. The highest BCUT2D eigenvalue weighted by Crippen LogP contribution is 2.46. The minimum Gasteiger partial charge on any atom is -0.294 e. The van der Waals surface area contributed by atoms with E-state index in [0.29, 0.717) is 11.7 Å². The van der Waals surface area contributed by atoms with Gasteiger partial charge in [0, 0.05) is 15.5 Å². The molecule has 0 spiro atoms. The number of ketones is 1. The third-order valence-electron chi connectivity index (χ3n) is 4.59. The summed E-state index contributed by atoms with van der Waals surface area (Å²) in [6.45, 7) is 8.57. The lowest BCUT2D eigenvalue weighted by Gasteiger charge is -2.30. The first kappa shape index (κ1) is 15.8. The summed E-state index contributed by atoms with van der Waals surface area (Å²) in [6.07, 6.45) is 5.57. The maximum Gasteiger partial charge on any atom is 0.169 e. The van der Waals surface area contributed by atoms with Crippen molar-refractivity contribution in [2.45, 2.75) is 59.8 Å². The fourth-order valence-electron chi connectivity index (χ4n) is 3.67. The number of halogens is 1. The Bertz CT molecular complexity index is 510. The number of rotatable bonds is 4. The quantitative estimate of drug-likeness (QED) is 0.629. The molecule has 20 heavy (non-hydrogen) atoms. The Morgan fingerprint density at radius 2 is 1.80 bits per heavy atom. The van der Waals surface area contributed by atoms with Crippen LogP contribution in [0.1, 0.15) is 67.4 Å². The van der Waals surface area contributed by atoms with Crippen LogP contribution < -0.4 is 0 Å². The van der Waals surface area contributed by atoms with Crippen molar-refractivity contribution < 1.29 is 4.79 Å². The summed E-state index contributed by atoms with van der Waals surface area (Å²) in [7, 11) is 0. The van der Waals surface area contributed by atoms with Crippen molar-refractivity contribution in [2.24, 2.45) is 11.3 Å². The van der Waals surface area contributed by atoms with E-state index in [0.717, 1.165) is 40.4 Å². The van der Waals surface area contributed by atoms with Gasteiger partial charge in [-0.25, -0.2) is 0 Å². The predicted octanol–water partition coefficient (Wildman–Crippen LogP) is 5.86. The van der Waals surface area contributed by atoms with Crippen molar-refractivity contribution in [3.8, 4) is 0 Å². The highest BCUT2D eigenvalue weighted by Gasteiger charge is 2.42. The highest BCUT2D eigenvalue weighted by molar-refractivity contribution is 9.10. The maximum atomic E-state index is 13.2. The number of hydrogen-bond acceptors (Lipinski definition) is 1. The van der Waals surface area contributed by atoms with Crippen LogP contribution in [0.3, 0.4) is 0 Å². The molecule has 0 atom stereocenters. The zero-order valence-electron chi connectivity index (χ0n) is 13.1. The van der Waals surface area contributed by atoms with Crippen LogP contribution >= 0.6 is 15.9 Å². The molecule has 110 valence electrons. The molecule has 0 heterocycles. The fourth-order valence-corrected chi connectivity index (χ4v) is 4.13. The summed E-state index contributed by atoms with van der Waals surface area (Å²) in [4.78, 5) is 13.2. The van der Waals surface area contributed by atoms with Crippen LogP contribution in [0.4, 0.5) is 0 Å². The first-order valence-electron chi connectivity index (χ1n) is 7.67. The van der Waals surface area contributed by atoms with Gasteiger partial charge < -0.3 is 0 Å². The largest absolute Gasteiger partial charge is 0.294 e. The second-order valence-corrected chi connectivity index (χ2v) is 7.69. The fraction of sp³-hybridized carbons (Fsp3) is 0.611. The molecule has 0 bridgehead atoms. The molecule has 0 aromatic heterocycles. The Balaban J connectivity index is 2.40. The van der Waals surface area contributed by atoms with Gasteiger partial charge in [0.15, 0.2) is 5.78 Å². The molecule has 1 nitrogen and oxygen atoms in total. The number of carbonyl (C=O) groups excluding carboxylic acids is 1. The van der Waals surface area contributed by atoms with E-state index >= 15 is 0 Å². The normalized spacial score (nSPS) is 17.7. The Hall–Kier alpha value is -0.630. The second kappa shape index (κ2) is 6.01. The van der Waals surface area contributed by atoms with Crippen LogP contribution in [-0.2, 0) is 0 Å². The van der Waals surface area contributed by atoms with Gasteiger partial charge in [0.2, 0.25) is 0 Å². The van der Waals surface area contributed by atoms with Crippen LogP contribution in [0.15, 0.2) is 16.6 Å². The lowest BCUT2D eigenvalue weighted by atomic mass is 9.72. The van der Waals surface area contributed by atoms with Gasteiger partial charge in [-0.05, 0) is 62.3 Å². The molecule has 0 unspecified atom stereocenters. The van der Waals surface area contributed by atoms with E-state index in [1.165, 1.54) is 12.8 Å². The topological polar surface area (TPSA) is 17.1 Å². The van der Waals surface area contributed by atoms with Gasteiger partial charge in [0.25, 0.3) is 0 Å². The summed E-state index contributed by atoms with van der Waals surface area (Å²) in [5.41, 5.74) is 3.09. The summed E-state index contributed by atoms with van der Waals surface area (Å²) in [6, 6.07) is 4.16. The lowest BCUT2D eigenvalue weighted by Crippen LogP contribution is -2.30. The zero-order valence-corrected chi connectivity index (χ0v) is 14.6. The van der Waals surface area contributed by atoms with Crippen LogP contribution in [0.25, 0.3) is 0 Å². The Morgan fingerprint density at radius 3 is 2.35 bits per heavy atom. The Labute approximate surface area is 131 Å². The van der Waals surface area contributed by atoms with Gasteiger partial charge in [0.05, 0.1) is 0 Å². The molecule has 0 radical (unpaired) electrons. The minimum atomic E-state index is -0.0980. The van der Waals surface area contributed by atoms with E-state index in [1.807, 2.05) is 0 Å². The minimum absolute atomic E-state index is 0.0980. The molecule has 2 rings (SSSR count). The van der Waals surface area contributed by atoms with Crippen molar-refractivity contribution >= 4 is 21.7 Å². The molecule has 0 saturated heterocycles. The van der Waals surface area contributed by atoms with Crippen molar-refractivity contribution in [1.29, 1.82) is 0 Å². The van der Waals surface area contributed by atoms with Crippen LogP contribution in [0.2, 0.25) is 0 Å². The average molecular weight is 337 g/mol. The van der Waals surface area contributed by atoms with E-state index in [1.54, 1.807) is 0 Å². The number of Topliss-reactive ketones (excluding diaryl/α,β-unsaturated/α-hetero) is 1. The van der Waals surface area contributed by atoms with E-state index in [9.17, 15) is 4.79 Å². The van der Waals surface area contributed by atoms with E-state index in [4.69, 9.17) is 0 Å². The maximum absolute atomic E-state index is 13.2. The molecule has 2 heteroatoms. The molecule has 1 aliphatic carbocycles. The summed E-state index contributed by atoms with van der Waals surface area (Å²) < 4.78 is 1.09. The standard InChI is InChI=1S/C18H25BrO/c1-12(2)11-18(7-5-6-8-18)17(20)15-9-14(4)16(19)10-13(15)3/h9-10,12H,5-8,11H2,1-4H3. The molecule has 1 aromatic carbocycles. The monoisotopic (exact) mass is 336 g/mol. The molecule has 1 aromatic rings. The first-order chi connectivity index (χ1) is 9.35. The lowest BCUT2D eigenvalue weighted by molar-refractivity contribution is 0.0759. The summed E-state index contributed by atoms with van der Waals surface area (Å²) >= 11 is 3.56. The zero-order chi connectivity index (χ0) is 14.9. The molecule has 1 fully saturated rings. The van der Waals surface area contributed by atoms with Crippen molar-refractivity contribution in [3.05, 3.63) is 33.3 Å². The summed E-state index contributed by atoms with van der Waals surface area (Å²) in [5, 5.41) is 0. The number of carbonyl (C=O) groups is 1. The van der Waals surface area contributed by atoms with Gasteiger partial charge in [-0.1, -0.05) is 42.6 Å². The first-order valence-corrected chi connectivity index (χ1v) is 8.46. The van der Waals surface area contributed by atoms with Crippen LogP contribution in [-0.4, -0.2) is 5.78 Å². The molecule has 0 aliphatic heterocycles. The van der Waals surface area contributed by atoms with E-state index < -0.39 is 0 Å². The second-order valence-electron chi connectivity index (χ2n) is 6.83. The third-order valence-corrected chi connectivity index (χ3v) is 5.45. The third kappa shape index (κ3) is 3.00. The Kier molecular flexibility index (Phi) is 4.73. The van der Waals surface area contributed by atoms with Crippen molar-refractivity contribution in [2.75, 3.05) is 0 Å². The van der Waals surface area contributed by atoms with E-state index in [2.05, 4.69) is 55.8 Å². The van der Waals surface area contributed by atoms with Crippen molar-refractivity contribution in [3.63, 3.8) is 0 Å². The molecular weight excluding hydrogens is 312 g/mol. The van der Waals surface area contributed by atoms with Crippen molar-refractivity contribution in [1.82, 2.24) is 0 Å². The van der Waals surface area contributed by atoms with Gasteiger partial charge in [-0.15, -0.1) is 0 Å². The van der Waals surface area contributed by atoms with Gasteiger partial charge in [-0.2, -0.15) is 0 Å². The molecule has 0 amide bonds. The van der Waals surface area contributed by atoms with Crippen LogP contribution in [0, 0.1) is 25.2 Å². The molecule has 1 aliphatic rings. The van der Waals surface area contributed by atoms with Gasteiger partial charge in [-0.3, -0.25) is 4.79 Å². The molecular formula is C18H25BrO.